The van der Waals surface area contributed by atoms with Crippen LogP contribution in [0.3, 0.4) is 0 Å². The molecule has 0 aliphatic heterocycles. The molecule has 1 aromatic heterocycles. The van der Waals surface area contributed by atoms with Crippen molar-refractivity contribution in [3.63, 3.8) is 0 Å². The number of hydrogen-bond donors (Lipinski definition) is 0. The average Bonchev–Trinajstić information content (AvgIpc) is 3.19. The second kappa shape index (κ2) is 9.76. The Labute approximate surface area is 179 Å². The van der Waals surface area contributed by atoms with Crippen molar-refractivity contribution in [2.45, 2.75) is 31.3 Å². The number of amides is 1. The number of thioether (sulfide) groups is 1. The SMILES string of the molecule is CSc1ccc(/C=C/C(=O)N(Cc2nnc(-c3ccccc3Cl)o2)C(C)C)cc1. The Hall–Kier alpha value is -2.57. The zero-order valence-electron chi connectivity index (χ0n) is 16.5. The van der Waals surface area contributed by atoms with Crippen molar-refractivity contribution in [2.75, 3.05) is 6.26 Å². The van der Waals surface area contributed by atoms with Gasteiger partial charge in [-0.2, -0.15) is 0 Å². The molecule has 5 nitrogen and oxygen atoms in total. The molecule has 150 valence electrons. The minimum atomic E-state index is -0.119. The predicted molar refractivity (Wildman–Crippen MR) is 118 cm³/mol. The Morgan fingerprint density at radius 2 is 1.90 bits per heavy atom. The summed E-state index contributed by atoms with van der Waals surface area (Å²) in [6, 6.07) is 15.3. The molecule has 0 aliphatic carbocycles. The molecule has 0 saturated carbocycles. The average molecular weight is 428 g/mol. The quantitative estimate of drug-likeness (QED) is 0.364. The van der Waals surface area contributed by atoms with Crippen LogP contribution in [0.1, 0.15) is 25.3 Å². The van der Waals surface area contributed by atoms with Crippen LogP contribution in [0.25, 0.3) is 17.5 Å². The third kappa shape index (κ3) is 5.49. The zero-order chi connectivity index (χ0) is 20.8. The Morgan fingerprint density at radius 1 is 1.17 bits per heavy atom. The van der Waals surface area contributed by atoms with Crippen LogP contribution in [0.15, 0.2) is 63.9 Å². The van der Waals surface area contributed by atoms with Crippen LogP contribution in [0.4, 0.5) is 0 Å². The minimum Gasteiger partial charge on any atom is -0.419 e. The van der Waals surface area contributed by atoms with E-state index in [0.717, 1.165) is 5.56 Å². The fraction of sp³-hybridized carbons (Fsp3) is 0.227. The van der Waals surface area contributed by atoms with Gasteiger partial charge in [0.2, 0.25) is 17.7 Å². The third-order valence-electron chi connectivity index (χ3n) is 4.32. The summed E-state index contributed by atoms with van der Waals surface area (Å²) in [6.45, 7) is 4.12. The topological polar surface area (TPSA) is 59.2 Å². The molecule has 1 amide bonds. The molecule has 0 aliphatic rings. The van der Waals surface area contributed by atoms with Gasteiger partial charge in [0.1, 0.15) is 0 Å². The largest absolute Gasteiger partial charge is 0.419 e. The van der Waals surface area contributed by atoms with Gasteiger partial charge < -0.3 is 9.32 Å². The third-order valence-corrected chi connectivity index (χ3v) is 5.39. The molecule has 0 N–H and O–H groups in total. The first-order valence-electron chi connectivity index (χ1n) is 9.18. The highest BCUT2D eigenvalue weighted by atomic mass is 35.5. The summed E-state index contributed by atoms with van der Waals surface area (Å²) in [5.41, 5.74) is 1.64. The van der Waals surface area contributed by atoms with Crippen molar-refractivity contribution < 1.29 is 9.21 Å². The van der Waals surface area contributed by atoms with Crippen molar-refractivity contribution in [3.05, 3.63) is 71.1 Å². The van der Waals surface area contributed by atoms with Crippen LogP contribution in [0.5, 0.6) is 0 Å². The van der Waals surface area contributed by atoms with E-state index >= 15 is 0 Å². The Bertz CT molecular complexity index is 999. The molecule has 0 atom stereocenters. The van der Waals surface area contributed by atoms with Crippen LogP contribution in [-0.2, 0) is 11.3 Å². The van der Waals surface area contributed by atoms with E-state index in [9.17, 15) is 4.79 Å². The molecule has 29 heavy (non-hydrogen) atoms. The maximum absolute atomic E-state index is 12.7. The Balaban J connectivity index is 1.72. The second-order valence-corrected chi connectivity index (χ2v) is 7.93. The number of nitrogens with zero attached hydrogens (tertiary/aromatic N) is 3. The molecule has 1 heterocycles. The number of rotatable bonds is 7. The summed E-state index contributed by atoms with van der Waals surface area (Å²) in [7, 11) is 0. The standard InChI is InChI=1S/C22H22ClN3O2S/c1-15(2)26(21(27)13-10-16-8-11-17(29-3)12-9-16)14-20-24-25-22(28-20)18-6-4-5-7-19(18)23/h4-13,15H,14H2,1-3H3/b13-10+. The summed E-state index contributed by atoms with van der Waals surface area (Å²) >= 11 is 7.87. The van der Waals surface area contributed by atoms with E-state index < -0.39 is 0 Å². The van der Waals surface area contributed by atoms with Gasteiger partial charge in [-0.25, -0.2) is 0 Å². The van der Waals surface area contributed by atoms with E-state index in [4.69, 9.17) is 16.0 Å². The first-order chi connectivity index (χ1) is 14.0. The molecule has 3 aromatic rings. The highest BCUT2D eigenvalue weighted by Gasteiger charge is 2.19. The maximum atomic E-state index is 12.7. The summed E-state index contributed by atoms with van der Waals surface area (Å²) in [6.07, 6.45) is 5.41. The highest BCUT2D eigenvalue weighted by molar-refractivity contribution is 7.98. The number of aromatic nitrogens is 2. The normalized spacial score (nSPS) is 11.3. The lowest BCUT2D eigenvalue weighted by Gasteiger charge is -2.23. The van der Waals surface area contributed by atoms with Crippen LogP contribution in [0, 0.1) is 0 Å². The van der Waals surface area contributed by atoms with Crippen LogP contribution in [0.2, 0.25) is 5.02 Å². The van der Waals surface area contributed by atoms with Crippen LogP contribution < -0.4 is 0 Å². The molecule has 7 heteroatoms. The lowest BCUT2D eigenvalue weighted by Crippen LogP contribution is -2.35. The fourth-order valence-corrected chi connectivity index (χ4v) is 3.32. The monoisotopic (exact) mass is 427 g/mol. The number of carbonyl (C=O) groups is 1. The van der Waals surface area contributed by atoms with Crippen LogP contribution >= 0.6 is 23.4 Å². The fourth-order valence-electron chi connectivity index (χ4n) is 2.70. The minimum absolute atomic E-state index is 0.0262. The van der Waals surface area contributed by atoms with Gasteiger partial charge in [-0.15, -0.1) is 22.0 Å². The molecular weight excluding hydrogens is 406 g/mol. The number of carbonyl (C=O) groups excluding carboxylic acids is 1. The lowest BCUT2D eigenvalue weighted by molar-refractivity contribution is -0.128. The molecule has 0 radical (unpaired) electrons. The van der Waals surface area contributed by atoms with Crippen molar-refractivity contribution in [3.8, 4) is 11.5 Å². The number of halogens is 1. The van der Waals surface area contributed by atoms with Crippen LogP contribution in [-0.4, -0.2) is 33.3 Å². The molecule has 0 spiro atoms. The van der Waals surface area contributed by atoms with Crippen molar-refractivity contribution in [1.82, 2.24) is 15.1 Å². The van der Waals surface area contributed by atoms with E-state index in [1.165, 1.54) is 4.90 Å². The summed E-state index contributed by atoms with van der Waals surface area (Å²) in [5, 5.41) is 8.69. The van der Waals surface area contributed by atoms with Gasteiger partial charge in [-0.05, 0) is 56.0 Å². The molecular formula is C22H22ClN3O2S. The number of benzene rings is 2. The van der Waals surface area contributed by atoms with Gasteiger partial charge >= 0.3 is 0 Å². The second-order valence-electron chi connectivity index (χ2n) is 6.65. The van der Waals surface area contributed by atoms with Gasteiger partial charge in [-0.3, -0.25) is 4.79 Å². The Morgan fingerprint density at radius 3 is 2.55 bits per heavy atom. The molecule has 0 saturated heterocycles. The molecule has 0 unspecified atom stereocenters. The Kier molecular flexibility index (Phi) is 7.12. The first kappa shape index (κ1) is 21.1. The van der Waals surface area contributed by atoms with Crippen molar-refractivity contribution >= 4 is 35.3 Å². The lowest BCUT2D eigenvalue weighted by atomic mass is 10.2. The zero-order valence-corrected chi connectivity index (χ0v) is 18.1. The predicted octanol–water partition coefficient (Wildman–Crippen LogP) is 5.56. The highest BCUT2D eigenvalue weighted by Crippen LogP contribution is 2.26. The van der Waals surface area contributed by atoms with Crippen molar-refractivity contribution in [2.24, 2.45) is 0 Å². The molecule has 0 bridgehead atoms. The van der Waals surface area contributed by atoms with Gasteiger partial charge in [0.15, 0.2) is 0 Å². The summed E-state index contributed by atoms with van der Waals surface area (Å²) in [5.74, 6) is 0.581. The van der Waals surface area contributed by atoms with E-state index in [0.29, 0.717) is 22.4 Å². The van der Waals surface area contributed by atoms with Gasteiger partial charge in [0.05, 0.1) is 17.1 Å². The number of hydrogen-bond acceptors (Lipinski definition) is 5. The van der Waals surface area contributed by atoms with E-state index in [-0.39, 0.29) is 18.5 Å². The maximum Gasteiger partial charge on any atom is 0.249 e. The smallest absolute Gasteiger partial charge is 0.249 e. The van der Waals surface area contributed by atoms with Gasteiger partial charge in [-0.1, -0.05) is 35.9 Å². The summed E-state index contributed by atoms with van der Waals surface area (Å²) in [4.78, 5) is 15.6. The van der Waals surface area contributed by atoms with Gasteiger partial charge in [0, 0.05) is 17.0 Å². The van der Waals surface area contributed by atoms with E-state index in [1.807, 2.05) is 68.6 Å². The van der Waals surface area contributed by atoms with Crippen molar-refractivity contribution in [1.29, 1.82) is 0 Å². The molecule has 3 rings (SSSR count). The summed E-state index contributed by atoms with van der Waals surface area (Å²) < 4.78 is 5.74. The van der Waals surface area contributed by atoms with Gasteiger partial charge in [0.25, 0.3) is 0 Å². The van der Waals surface area contributed by atoms with E-state index in [1.54, 1.807) is 28.8 Å². The van der Waals surface area contributed by atoms with E-state index in [2.05, 4.69) is 10.2 Å². The first-order valence-corrected chi connectivity index (χ1v) is 10.8. The molecule has 2 aromatic carbocycles. The molecule has 0 fully saturated rings.